The number of phenols is 1. The van der Waals surface area contributed by atoms with Crippen LogP contribution in [0.4, 0.5) is 0 Å². The van der Waals surface area contributed by atoms with E-state index >= 15 is 0 Å². The van der Waals surface area contributed by atoms with E-state index in [1.807, 2.05) is 37.5 Å². The molecule has 29 heavy (non-hydrogen) atoms. The number of hydrogen-bond donors (Lipinski definition) is 1. The number of nitrogens with zero attached hydrogens (tertiary/aromatic N) is 6. The monoisotopic (exact) mass is 483 g/mol. The molecular formula is C19H28CuN6OS2. The number of amidine groups is 2. The van der Waals surface area contributed by atoms with Crippen molar-refractivity contribution in [1.82, 2.24) is 9.80 Å². The standard InChI is InChI=1S/C19H30N6OS2.Cu/c1-6-24(7-2)18(27)22-20-14(5)17(15-10-12-16(26)13-11-15)21-23-19(28)25(8-3)9-4;/h10-13,26H,6-9H2,1-5H3,(H,22,27)(H,23,28);/q;+2/p-2/b20-14+,21-17-;. The summed E-state index contributed by atoms with van der Waals surface area (Å²) in [5, 5.41) is 27.3. The van der Waals surface area contributed by atoms with Crippen molar-refractivity contribution in [2.24, 2.45) is 20.4 Å². The van der Waals surface area contributed by atoms with Gasteiger partial charge in [0, 0.05) is 42.1 Å². The topological polar surface area (TPSA) is 76.2 Å². The molecule has 163 valence electrons. The van der Waals surface area contributed by atoms with Gasteiger partial charge in [0.1, 0.15) is 11.5 Å². The van der Waals surface area contributed by atoms with Gasteiger partial charge in [0.2, 0.25) is 0 Å². The summed E-state index contributed by atoms with van der Waals surface area (Å²) in [5.74, 6) is 0.167. The van der Waals surface area contributed by atoms with Gasteiger partial charge in [-0.05, 0) is 58.9 Å². The SMILES string of the molecule is CCN(CC)/C([S-])=N/N=C(C)/C(=N/N=C(\[S-])N(CC)CC)c1ccc(O)cc1.[Cu+2]. The number of hydrogen-bond acceptors (Lipinski definition) is 7. The first-order chi connectivity index (χ1) is 13.4. The number of phenolic OH excluding ortho intramolecular Hbond substituents is 1. The first-order valence-electron chi connectivity index (χ1n) is 9.29. The van der Waals surface area contributed by atoms with Crippen LogP contribution in [0.5, 0.6) is 5.75 Å². The summed E-state index contributed by atoms with van der Waals surface area (Å²) >= 11 is 10.7. The molecule has 1 N–H and O–H groups in total. The maximum Gasteiger partial charge on any atom is 2.00 e. The Morgan fingerprint density at radius 2 is 1.21 bits per heavy atom. The van der Waals surface area contributed by atoms with Crippen LogP contribution in [0, 0.1) is 0 Å². The van der Waals surface area contributed by atoms with Crippen LogP contribution in [0.1, 0.15) is 40.2 Å². The van der Waals surface area contributed by atoms with Crippen molar-refractivity contribution in [3.05, 3.63) is 29.8 Å². The van der Waals surface area contributed by atoms with Crippen LogP contribution in [-0.4, -0.2) is 62.8 Å². The van der Waals surface area contributed by atoms with Gasteiger partial charge < -0.3 is 40.2 Å². The summed E-state index contributed by atoms with van der Waals surface area (Å²) in [7, 11) is 0. The van der Waals surface area contributed by atoms with Crippen molar-refractivity contribution < 1.29 is 22.2 Å². The summed E-state index contributed by atoms with van der Waals surface area (Å²) in [6, 6.07) is 6.65. The van der Waals surface area contributed by atoms with Crippen molar-refractivity contribution in [3.63, 3.8) is 0 Å². The summed E-state index contributed by atoms with van der Waals surface area (Å²) in [5.41, 5.74) is 1.81. The summed E-state index contributed by atoms with van der Waals surface area (Å²) in [4.78, 5) is 3.86. The van der Waals surface area contributed by atoms with Crippen LogP contribution >= 0.6 is 0 Å². The fraction of sp³-hybridized carbons (Fsp3) is 0.474. The first kappa shape index (κ1) is 27.3. The Bertz CT molecular complexity index is 742. The smallest absolute Gasteiger partial charge is 0.741 e. The Labute approximate surface area is 195 Å². The zero-order valence-electron chi connectivity index (χ0n) is 17.4. The number of benzene rings is 1. The molecule has 7 nitrogen and oxygen atoms in total. The van der Waals surface area contributed by atoms with Crippen LogP contribution in [0.25, 0.3) is 0 Å². The molecule has 0 atom stereocenters. The van der Waals surface area contributed by atoms with Crippen molar-refractivity contribution in [1.29, 1.82) is 0 Å². The van der Waals surface area contributed by atoms with Gasteiger partial charge in [-0.1, -0.05) is 0 Å². The predicted molar refractivity (Wildman–Crippen MR) is 123 cm³/mol. The largest absolute Gasteiger partial charge is 2.00 e. The second kappa shape index (κ2) is 14.3. The third-order valence-electron chi connectivity index (χ3n) is 4.07. The van der Waals surface area contributed by atoms with E-state index in [0.717, 1.165) is 31.7 Å². The quantitative estimate of drug-likeness (QED) is 0.202. The molecule has 1 aromatic rings. The van der Waals surface area contributed by atoms with Crippen molar-refractivity contribution in [3.8, 4) is 5.75 Å². The van der Waals surface area contributed by atoms with Crippen molar-refractivity contribution >= 4 is 47.0 Å². The zero-order valence-corrected chi connectivity index (χ0v) is 20.0. The minimum atomic E-state index is 0. The molecule has 1 radical (unpaired) electrons. The first-order valence-corrected chi connectivity index (χ1v) is 10.1. The van der Waals surface area contributed by atoms with Crippen molar-refractivity contribution in [2.45, 2.75) is 34.6 Å². The molecule has 1 aromatic carbocycles. The molecule has 0 saturated heterocycles. The summed E-state index contributed by atoms with van der Waals surface area (Å²) < 4.78 is 0. The molecule has 0 saturated carbocycles. The third-order valence-corrected chi connectivity index (χ3v) is 4.75. The Morgan fingerprint density at radius 3 is 1.62 bits per heavy atom. The molecule has 10 heteroatoms. The van der Waals surface area contributed by atoms with E-state index in [0.29, 0.717) is 21.8 Å². The summed E-state index contributed by atoms with van der Waals surface area (Å²) in [6.07, 6.45) is 0. The Balaban J connectivity index is 0.00000784. The molecule has 0 aliphatic rings. The van der Waals surface area contributed by atoms with Gasteiger partial charge in [-0.3, -0.25) is 0 Å². The maximum atomic E-state index is 9.56. The molecular weight excluding hydrogens is 456 g/mol. The fourth-order valence-corrected chi connectivity index (χ4v) is 2.93. The van der Waals surface area contributed by atoms with Crippen LogP contribution < -0.4 is 0 Å². The maximum absolute atomic E-state index is 9.56. The van der Waals surface area contributed by atoms with Gasteiger partial charge >= 0.3 is 17.1 Å². The molecule has 0 aromatic heterocycles. The minimum Gasteiger partial charge on any atom is -0.741 e. The van der Waals surface area contributed by atoms with E-state index < -0.39 is 0 Å². The molecule has 0 unspecified atom stereocenters. The van der Waals surface area contributed by atoms with Crippen LogP contribution in [0.15, 0.2) is 44.7 Å². The second-order valence-electron chi connectivity index (χ2n) is 5.79. The minimum absolute atomic E-state index is 0. The van der Waals surface area contributed by atoms with Gasteiger partial charge in [-0.25, -0.2) is 0 Å². The number of rotatable bonds is 8. The molecule has 0 bridgehead atoms. The van der Waals surface area contributed by atoms with Gasteiger partial charge in [-0.2, -0.15) is 15.3 Å². The predicted octanol–water partition coefficient (Wildman–Crippen LogP) is 2.96. The molecule has 0 aliphatic heterocycles. The van der Waals surface area contributed by atoms with E-state index in [-0.39, 0.29) is 22.8 Å². The second-order valence-corrected chi connectivity index (χ2v) is 6.52. The van der Waals surface area contributed by atoms with Gasteiger partial charge in [0.05, 0.1) is 5.71 Å². The third kappa shape index (κ3) is 8.65. The van der Waals surface area contributed by atoms with Crippen LogP contribution in [0.2, 0.25) is 0 Å². The normalized spacial score (nSPS) is 13.1. The van der Waals surface area contributed by atoms with E-state index in [1.165, 1.54) is 0 Å². The average molecular weight is 484 g/mol. The van der Waals surface area contributed by atoms with Crippen LogP contribution in [-0.2, 0) is 42.3 Å². The van der Waals surface area contributed by atoms with Gasteiger partial charge in [-0.15, -0.1) is 5.10 Å². The van der Waals surface area contributed by atoms with E-state index in [1.54, 1.807) is 31.2 Å². The van der Waals surface area contributed by atoms with E-state index in [9.17, 15) is 5.11 Å². The van der Waals surface area contributed by atoms with Crippen molar-refractivity contribution in [2.75, 3.05) is 26.2 Å². The Morgan fingerprint density at radius 1 is 0.793 bits per heavy atom. The van der Waals surface area contributed by atoms with E-state index in [4.69, 9.17) is 25.3 Å². The summed E-state index contributed by atoms with van der Waals surface area (Å²) in [6.45, 7) is 12.9. The molecule has 0 aliphatic carbocycles. The molecule has 0 fully saturated rings. The molecule has 0 spiro atoms. The van der Waals surface area contributed by atoms with Gasteiger partial charge in [0.25, 0.3) is 0 Å². The van der Waals surface area contributed by atoms with Crippen LogP contribution in [0.3, 0.4) is 0 Å². The van der Waals surface area contributed by atoms with E-state index in [2.05, 4.69) is 20.4 Å². The number of aromatic hydroxyl groups is 1. The Hall–Kier alpha value is -1.74. The molecule has 0 amide bonds. The molecule has 1 rings (SSSR count). The average Bonchev–Trinajstić information content (AvgIpc) is 2.69. The Kier molecular flexibility index (Phi) is 13.4. The van der Waals surface area contributed by atoms with Gasteiger partial charge in [0.15, 0.2) is 0 Å². The molecule has 0 heterocycles. The zero-order chi connectivity index (χ0) is 21.1. The fourth-order valence-electron chi connectivity index (χ4n) is 2.33.